The van der Waals surface area contributed by atoms with Gasteiger partial charge in [-0.05, 0) is 56.6 Å². The molecule has 2 rings (SSSR count). The lowest BCUT2D eigenvalue weighted by Gasteiger charge is -2.21. The van der Waals surface area contributed by atoms with E-state index in [9.17, 15) is 4.79 Å². The first-order chi connectivity index (χ1) is 10.1. The molecular formula is C18H27NO2. The maximum Gasteiger partial charge on any atom is 0.220 e. The molecule has 0 unspecified atom stereocenters. The van der Waals surface area contributed by atoms with Crippen LogP contribution in [-0.2, 0) is 16.0 Å². The quantitative estimate of drug-likeness (QED) is 0.873. The number of aryl methyl sites for hydroxylation is 3. The van der Waals surface area contributed by atoms with Gasteiger partial charge in [0.25, 0.3) is 0 Å². The van der Waals surface area contributed by atoms with Crippen LogP contribution in [0.1, 0.15) is 42.4 Å². The molecule has 1 aromatic rings. The van der Waals surface area contributed by atoms with E-state index in [0.717, 1.165) is 39.0 Å². The fourth-order valence-corrected chi connectivity index (χ4v) is 2.91. The summed E-state index contributed by atoms with van der Waals surface area (Å²) in [5, 5.41) is 3.04. The molecule has 0 aromatic heterocycles. The number of ether oxygens (including phenoxy) is 1. The second kappa shape index (κ2) is 8.18. The van der Waals surface area contributed by atoms with Crippen molar-refractivity contribution in [1.82, 2.24) is 5.32 Å². The number of carbonyl (C=O) groups is 1. The van der Waals surface area contributed by atoms with Crippen molar-refractivity contribution in [3.05, 3.63) is 34.9 Å². The topological polar surface area (TPSA) is 38.3 Å². The van der Waals surface area contributed by atoms with Crippen molar-refractivity contribution in [3.63, 3.8) is 0 Å². The fourth-order valence-electron chi connectivity index (χ4n) is 2.91. The highest BCUT2D eigenvalue weighted by Gasteiger charge is 2.13. The van der Waals surface area contributed by atoms with Crippen LogP contribution in [0.4, 0.5) is 0 Å². The Morgan fingerprint density at radius 1 is 1.38 bits per heavy atom. The Morgan fingerprint density at radius 2 is 2.24 bits per heavy atom. The second-order valence-electron chi connectivity index (χ2n) is 6.15. The molecule has 0 radical (unpaired) electrons. The number of rotatable bonds is 6. The minimum atomic E-state index is 0.159. The van der Waals surface area contributed by atoms with Crippen molar-refractivity contribution < 1.29 is 9.53 Å². The van der Waals surface area contributed by atoms with E-state index in [-0.39, 0.29) is 5.91 Å². The number of nitrogens with one attached hydrogen (secondary N) is 1. The van der Waals surface area contributed by atoms with Gasteiger partial charge in [-0.2, -0.15) is 0 Å². The molecule has 1 amide bonds. The van der Waals surface area contributed by atoms with Crippen LogP contribution < -0.4 is 5.32 Å². The average Bonchev–Trinajstić information content (AvgIpc) is 2.47. The van der Waals surface area contributed by atoms with Crippen LogP contribution >= 0.6 is 0 Å². The molecule has 0 spiro atoms. The highest BCUT2D eigenvalue weighted by molar-refractivity contribution is 5.76. The molecule has 21 heavy (non-hydrogen) atoms. The maximum absolute atomic E-state index is 11.9. The second-order valence-corrected chi connectivity index (χ2v) is 6.15. The lowest BCUT2D eigenvalue weighted by atomic mass is 9.98. The van der Waals surface area contributed by atoms with E-state index in [1.807, 2.05) is 0 Å². The van der Waals surface area contributed by atoms with Gasteiger partial charge in [0.05, 0.1) is 0 Å². The Kier molecular flexibility index (Phi) is 6.24. The van der Waals surface area contributed by atoms with Crippen LogP contribution in [0.5, 0.6) is 0 Å². The van der Waals surface area contributed by atoms with Crippen molar-refractivity contribution in [1.29, 1.82) is 0 Å². The predicted molar refractivity (Wildman–Crippen MR) is 85.4 cm³/mol. The van der Waals surface area contributed by atoms with Crippen LogP contribution in [0.2, 0.25) is 0 Å². The minimum Gasteiger partial charge on any atom is -0.381 e. The van der Waals surface area contributed by atoms with Crippen LogP contribution in [-0.4, -0.2) is 25.7 Å². The van der Waals surface area contributed by atoms with Crippen LogP contribution in [0.3, 0.4) is 0 Å². The van der Waals surface area contributed by atoms with E-state index in [4.69, 9.17) is 4.74 Å². The highest BCUT2D eigenvalue weighted by Crippen LogP contribution is 2.16. The highest BCUT2D eigenvalue weighted by atomic mass is 16.5. The first-order valence-corrected chi connectivity index (χ1v) is 8.05. The van der Waals surface area contributed by atoms with Crippen molar-refractivity contribution in [2.75, 3.05) is 19.8 Å². The Morgan fingerprint density at radius 3 is 2.95 bits per heavy atom. The largest absolute Gasteiger partial charge is 0.381 e. The number of benzene rings is 1. The molecule has 3 nitrogen and oxygen atoms in total. The summed E-state index contributed by atoms with van der Waals surface area (Å²) in [4.78, 5) is 11.9. The number of hydrogen-bond donors (Lipinski definition) is 1. The zero-order valence-corrected chi connectivity index (χ0v) is 13.3. The molecule has 1 N–H and O–H groups in total. The molecule has 0 saturated carbocycles. The van der Waals surface area contributed by atoms with Gasteiger partial charge in [0.1, 0.15) is 0 Å². The van der Waals surface area contributed by atoms with E-state index >= 15 is 0 Å². The van der Waals surface area contributed by atoms with Crippen LogP contribution in [0.15, 0.2) is 18.2 Å². The van der Waals surface area contributed by atoms with E-state index in [1.54, 1.807) is 0 Å². The summed E-state index contributed by atoms with van der Waals surface area (Å²) in [7, 11) is 0. The molecule has 0 aliphatic carbocycles. The van der Waals surface area contributed by atoms with Gasteiger partial charge in [-0.25, -0.2) is 0 Å². The smallest absolute Gasteiger partial charge is 0.220 e. The van der Waals surface area contributed by atoms with Gasteiger partial charge in [-0.15, -0.1) is 0 Å². The molecule has 1 aliphatic heterocycles. The minimum absolute atomic E-state index is 0.159. The Balaban J connectivity index is 1.65. The number of hydrogen-bond acceptors (Lipinski definition) is 2. The Hall–Kier alpha value is -1.35. The predicted octanol–water partition coefficient (Wildman–Crippen LogP) is 3.17. The summed E-state index contributed by atoms with van der Waals surface area (Å²) < 4.78 is 5.46. The normalized spacial score (nSPS) is 18.5. The average molecular weight is 289 g/mol. The monoisotopic (exact) mass is 289 g/mol. The Labute approximate surface area is 128 Å². The van der Waals surface area contributed by atoms with Gasteiger partial charge in [0.15, 0.2) is 0 Å². The van der Waals surface area contributed by atoms with Gasteiger partial charge in [-0.1, -0.05) is 23.8 Å². The number of amides is 1. The van der Waals surface area contributed by atoms with Gasteiger partial charge in [-0.3, -0.25) is 4.79 Å². The zero-order chi connectivity index (χ0) is 15.1. The van der Waals surface area contributed by atoms with E-state index in [1.165, 1.54) is 23.1 Å². The molecule has 1 atom stereocenters. The third-order valence-electron chi connectivity index (χ3n) is 4.25. The molecule has 1 aromatic carbocycles. The van der Waals surface area contributed by atoms with E-state index in [2.05, 4.69) is 37.4 Å². The lowest BCUT2D eigenvalue weighted by Crippen LogP contribution is -2.28. The molecule has 1 fully saturated rings. The lowest BCUT2D eigenvalue weighted by molar-refractivity contribution is -0.121. The van der Waals surface area contributed by atoms with Crippen molar-refractivity contribution in [2.24, 2.45) is 5.92 Å². The SMILES string of the molecule is Cc1ccc(CCC(=O)NCC[C@H]2CCCOC2)c(C)c1. The summed E-state index contributed by atoms with van der Waals surface area (Å²) in [6.45, 7) is 6.75. The van der Waals surface area contributed by atoms with Gasteiger partial charge >= 0.3 is 0 Å². The molecule has 1 saturated heterocycles. The van der Waals surface area contributed by atoms with Crippen molar-refractivity contribution in [3.8, 4) is 0 Å². The van der Waals surface area contributed by atoms with Gasteiger partial charge in [0, 0.05) is 26.2 Å². The van der Waals surface area contributed by atoms with Crippen LogP contribution in [0.25, 0.3) is 0 Å². The maximum atomic E-state index is 11.9. The molecule has 1 aliphatic rings. The standard InChI is InChI=1S/C18H27NO2/c1-14-5-6-17(15(2)12-14)7-8-18(20)19-10-9-16-4-3-11-21-13-16/h5-6,12,16H,3-4,7-11,13H2,1-2H3,(H,19,20)/t16-/m1/s1. The van der Waals surface area contributed by atoms with E-state index in [0.29, 0.717) is 12.3 Å². The molecule has 1 heterocycles. The summed E-state index contributed by atoms with van der Waals surface area (Å²) in [6.07, 6.45) is 4.83. The first kappa shape index (κ1) is 16.0. The Bertz CT molecular complexity index is 464. The molecule has 0 bridgehead atoms. The molecule has 3 heteroatoms. The fraction of sp³-hybridized carbons (Fsp3) is 0.611. The van der Waals surface area contributed by atoms with Crippen LogP contribution in [0, 0.1) is 19.8 Å². The summed E-state index contributed by atoms with van der Waals surface area (Å²) in [6, 6.07) is 6.43. The summed E-state index contributed by atoms with van der Waals surface area (Å²) in [5.74, 6) is 0.782. The third-order valence-corrected chi connectivity index (χ3v) is 4.25. The summed E-state index contributed by atoms with van der Waals surface area (Å²) in [5.41, 5.74) is 3.83. The third kappa shape index (κ3) is 5.50. The van der Waals surface area contributed by atoms with E-state index < -0.39 is 0 Å². The zero-order valence-electron chi connectivity index (χ0n) is 13.3. The van der Waals surface area contributed by atoms with Gasteiger partial charge < -0.3 is 10.1 Å². The van der Waals surface area contributed by atoms with Crippen molar-refractivity contribution >= 4 is 5.91 Å². The summed E-state index contributed by atoms with van der Waals surface area (Å²) >= 11 is 0. The number of carbonyl (C=O) groups excluding carboxylic acids is 1. The first-order valence-electron chi connectivity index (χ1n) is 8.05. The van der Waals surface area contributed by atoms with Crippen molar-refractivity contribution in [2.45, 2.75) is 46.0 Å². The molecular weight excluding hydrogens is 262 g/mol. The van der Waals surface area contributed by atoms with Gasteiger partial charge in [0.2, 0.25) is 5.91 Å². The molecule has 116 valence electrons.